The van der Waals surface area contributed by atoms with Gasteiger partial charge in [-0.3, -0.25) is 4.79 Å². The predicted molar refractivity (Wildman–Crippen MR) is 93.5 cm³/mol. The van der Waals surface area contributed by atoms with Crippen molar-refractivity contribution >= 4 is 23.8 Å². The van der Waals surface area contributed by atoms with Gasteiger partial charge < -0.3 is 15.3 Å². The minimum Gasteiger partial charge on any atom is -0.502 e. The number of benzene rings is 1. The molecule has 0 bridgehead atoms. The summed E-state index contributed by atoms with van der Waals surface area (Å²) in [6, 6.07) is 9.78. The van der Waals surface area contributed by atoms with E-state index in [2.05, 4.69) is 15.8 Å². The number of hydrazone groups is 1. The first kappa shape index (κ1) is 17.9. The van der Waals surface area contributed by atoms with E-state index in [0.717, 1.165) is 0 Å². The van der Waals surface area contributed by atoms with Crippen LogP contribution in [0, 0.1) is 0 Å². The molecule has 25 heavy (non-hydrogen) atoms. The molecule has 0 saturated heterocycles. The third kappa shape index (κ3) is 4.77. The number of amides is 3. The Labute approximate surface area is 145 Å². The summed E-state index contributed by atoms with van der Waals surface area (Å²) in [4.78, 5) is 25.1. The van der Waals surface area contributed by atoms with Crippen LogP contribution in [0.5, 0.6) is 5.75 Å². The molecule has 3 amide bonds. The number of aromatic hydroxyl groups is 1. The summed E-state index contributed by atoms with van der Waals surface area (Å²) in [7, 11) is 4.92. The zero-order chi connectivity index (χ0) is 18.4. The average Bonchev–Trinajstić information content (AvgIpc) is 2.57. The SMILES string of the molecule is CN(C)C(=O)c1cc(O)c(C=NNC(=O)Nc2ccccc2)[n+](C)c1. The molecule has 0 saturated carbocycles. The van der Waals surface area contributed by atoms with Gasteiger partial charge >= 0.3 is 6.03 Å². The van der Waals surface area contributed by atoms with E-state index in [1.807, 2.05) is 6.07 Å². The van der Waals surface area contributed by atoms with Gasteiger partial charge in [0.1, 0.15) is 18.8 Å². The molecule has 8 nitrogen and oxygen atoms in total. The molecule has 130 valence electrons. The molecule has 0 aliphatic rings. The number of para-hydroxylation sites is 1. The highest BCUT2D eigenvalue weighted by molar-refractivity contribution is 5.94. The van der Waals surface area contributed by atoms with Crippen LogP contribution in [0.25, 0.3) is 0 Å². The second-order valence-electron chi connectivity index (χ2n) is 5.50. The van der Waals surface area contributed by atoms with Crippen molar-refractivity contribution in [2.24, 2.45) is 12.1 Å². The molecule has 1 aromatic heterocycles. The topological polar surface area (TPSA) is 97.9 Å². The molecule has 0 aliphatic heterocycles. The Bertz CT molecular complexity index is 780. The predicted octanol–water partition coefficient (Wildman–Crippen LogP) is 1.07. The van der Waals surface area contributed by atoms with E-state index in [1.54, 1.807) is 56.2 Å². The maximum atomic E-state index is 11.9. The molecule has 0 fully saturated rings. The second-order valence-corrected chi connectivity index (χ2v) is 5.50. The number of anilines is 1. The van der Waals surface area contributed by atoms with Gasteiger partial charge in [-0.05, 0) is 12.1 Å². The number of nitrogens with zero attached hydrogens (tertiary/aromatic N) is 3. The highest BCUT2D eigenvalue weighted by atomic mass is 16.3. The first-order chi connectivity index (χ1) is 11.9. The van der Waals surface area contributed by atoms with E-state index in [4.69, 9.17) is 0 Å². The number of aromatic nitrogens is 1. The van der Waals surface area contributed by atoms with Gasteiger partial charge in [0.15, 0.2) is 11.9 Å². The van der Waals surface area contributed by atoms with Gasteiger partial charge in [-0.15, -0.1) is 0 Å². The lowest BCUT2D eigenvalue weighted by Crippen LogP contribution is -2.36. The van der Waals surface area contributed by atoms with Gasteiger partial charge in [-0.2, -0.15) is 9.67 Å². The molecule has 2 rings (SSSR count). The average molecular weight is 342 g/mol. The van der Waals surface area contributed by atoms with Crippen LogP contribution in [0.1, 0.15) is 16.1 Å². The van der Waals surface area contributed by atoms with Crippen LogP contribution in [0.2, 0.25) is 0 Å². The third-order valence-electron chi connectivity index (χ3n) is 3.31. The van der Waals surface area contributed by atoms with E-state index >= 15 is 0 Å². The van der Waals surface area contributed by atoms with E-state index in [-0.39, 0.29) is 11.7 Å². The van der Waals surface area contributed by atoms with Crippen LogP contribution >= 0.6 is 0 Å². The van der Waals surface area contributed by atoms with Crippen LogP contribution in [-0.2, 0) is 7.05 Å². The minimum atomic E-state index is -0.510. The molecule has 1 heterocycles. The van der Waals surface area contributed by atoms with E-state index in [0.29, 0.717) is 16.9 Å². The molecule has 1 aromatic carbocycles. The molecule has 0 radical (unpaired) electrons. The number of urea groups is 1. The lowest BCUT2D eigenvalue weighted by Gasteiger charge is -2.09. The zero-order valence-electron chi connectivity index (χ0n) is 14.2. The van der Waals surface area contributed by atoms with Gasteiger partial charge in [0, 0.05) is 25.8 Å². The van der Waals surface area contributed by atoms with Crippen molar-refractivity contribution in [2.45, 2.75) is 0 Å². The Hall–Kier alpha value is -3.42. The summed E-state index contributed by atoms with van der Waals surface area (Å²) in [6.45, 7) is 0. The Kier molecular flexibility index (Phi) is 5.67. The number of carbonyl (C=O) groups is 2. The molecular formula is C17H20N5O3+. The summed E-state index contributed by atoms with van der Waals surface area (Å²) >= 11 is 0. The largest absolute Gasteiger partial charge is 0.502 e. The fraction of sp³-hybridized carbons (Fsp3) is 0.176. The summed E-state index contributed by atoms with van der Waals surface area (Å²) in [6.07, 6.45) is 2.87. The van der Waals surface area contributed by atoms with E-state index < -0.39 is 6.03 Å². The lowest BCUT2D eigenvalue weighted by molar-refractivity contribution is -0.672. The highest BCUT2D eigenvalue weighted by Crippen LogP contribution is 2.13. The van der Waals surface area contributed by atoms with E-state index in [1.165, 1.54) is 17.2 Å². The molecule has 0 atom stereocenters. The normalized spacial score (nSPS) is 10.5. The Balaban J connectivity index is 2.05. The Morgan fingerprint density at radius 2 is 1.92 bits per heavy atom. The molecular weight excluding hydrogens is 322 g/mol. The summed E-state index contributed by atoms with van der Waals surface area (Å²) in [5.74, 6) is -0.348. The van der Waals surface area contributed by atoms with Crippen molar-refractivity contribution < 1.29 is 19.3 Å². The van der Waals surface area contributed by atoms with E-state index in [9.17, 15) is 14.7 Å². The highest BCUT2D eigenvalue weighted by Gasteiger charge is 2.18. The molecule has 3 N–H and O–H groups in total. The standard InChI is InChI=1S/C17H19N5O3/c1-21(2)16(24)12-9-15(23)14(22(3)11-12)10-18-20-17(25)19-13-7-5-4-6-8-13/h4-11H,1-3H3,(H2,19,23,25)/p+1. The minimum absolute atomic E-state index is 0.121. The van der Waals surface area contributed by atoms with Gasteiger partial charge in [-0.25, -0.2) is 10.2 Å². The number of aryl methyl sites for hydroxylation is 1. The number of rotatable bonds is 4. The lowest BCUT2D eigenvalue weighted by atomic mass is 10.2. The van der Waals surface area contributed by atoms with Crippen LogP contribution in [0.15, 0.2) is 47.7 Å². The van der Waals surface area contributed by atoms with Crippen molar-refractivity contribution in [3.05, 3.63) is 53.9 Å². The van der Waals surface area contributed by atoms with Gasteiger partial charge in [0.2, 0.25) is 0 Å². The first-order valence-electron chi connectivity index (χ1n) is 7.48. The fourth-order valence-corrected chi connectivity index (χ4v) is 2.08. The number of carbonyl (C=O) groups excluding carboxylic acids is 2. The maximum Gasteiger partial charge on any atom is 0.339 e. The molecule has 8 heteroatoms. The van der Waals surface area contributed by atoms with Crippen molar-refractivity contribution in [3.63, 3.8) is 0 Å². The molecule has 2 aromatic rings. The second kappa shape index (κ2) is 7.91. The quantitative estimate of drug-likeness (QED) is 0.440. The van der Waals surface area contributed by atoms with Crippen molar-refractivity contribution in [1.29, 1.82) is 0 Å². The number of pyridine rings is 1. The van der Waals surface area contributed by atoms with Crippen molar-refractivity contribution in [3.8, 4) is 5.75 Å². The zero-order valence-corrected chi connectivity index (χ0v) is 14.2. The fourth-order valence-electron chi connectivity index (χ4n) is 2.08. The van der Waals surface area contributed by atoms with Crippen LogP contribution in [-0.4, -0.2) is 42.3 Å². The summed E-state index contributed by atoms with van der Waals surface area (Å²) in [5, 5.41) is 16.5. The van der Waals surface area contributed by atoms with Crippen molar-refractivity contribution in [1.82, 2.24) is 10.3 Å². The smallest absolute Gasteiger partial charge is 0.339 e. The maximum absolute atomic E-state index is 11.9. The third-order valence-corrected chi connectivity index (χ3v) is 3.31. The van der Waals surface area contributed by atoms with Crippen molar-refractivity contribution in [2.75, 3.05) is 19.4 Å². The van der Waals surface area contributed by atoms with Crippen LogP contribution < -0.4 is 15.3 Å². The number of nitrogens with one attached hydrogen (secondary N) is 2. The molecule has 0 spiro atoms. The summed E-state index contributed by atoms with van der Waals surface area (Å²) < 4.78 is 1.55. The molecule has 0 unspecified atom stereocenters. The van der Waals surface area contributed by atoms with Crippen LogP contribution in [0.3, 0.4) is 0 Å². The number of hydrogen-bond donors (Lipinski definition) is 3. The van der Waals surface area contributed by atoms with Gasteiger partial charge in [-0.1, -0.05) is 18.2 Å². The first-order valence-corrected chi connectivity index (χ1v) is 7.48. The Morgan fingerprint density at radius 1 is 1.24 bits per heavy atom. The summed E-state index contributed by atoms with van der Waals surface area (Å²) in [5.41, 5.74) is 3.63. The number of hydrogen-bond acceptors (Lipinski definition) is 4. The Morgan fingerprint density at radius 3 is 2.52 bits per heavy atom. The van der Waals surface area contributed by atoms with Gasteiger partial charge in [0.25, 0.3) is 11.6 Å². The van der Waals surface area contributed by atoms with Crippen LogP contribution in [0.4, 0.5) is 10.5 Å². The van der Waals surface area contributed by atoms with Gasteiger partial charge in [0.05, 0.1) is 0 Å². The molecule has 0 aliphatic carbocycles. The monoisotopic (exact) mass is 342 g/mol.